The van der Waals surface area contributed by atoms with Gasteiger partial charge < -0.3 is 4.90 Å². The molecular weight excluding hydrogens is 278 g/mol. The third-order valence-electron chi connectivity index (χ3n) is 4.12. The lowest BCUT2D eigenvalue weighted by Gasteiger charge is -2.38. The zero-order chi connectivity index (χ0) is 12.0. The zero-order valence-electron chi connectivity index (χ0n) is 10.4. The highest BCUT2D eigenvalue weighted by atomic mass is 79.9. The van der Waals surface area contributed by atoms with Crippen molar-refractivity contribution in [1.82, 2.24) is 9.97 Å². The van der Waals surface area contributed by atoms with Gasteiger partial charge in [-0.15, -0.1) is 0 Å². The summed E-state index contributed by atoms with van der Waals surface area (Å²) in [5, 5.41) is 0. The molecule has 4 heteroatoms. The number of fused-ring (bicyclic) bond motifs is 2. The fraction of sp³-hybridized carbons (Fsp3) is 0.692. The van der Waals surface area contributed by atoms with Gasteiger partial charge in [0.2, 0.25) is 0 Å². The van der Waals surface area contributed by atoms with Gasteiger partial charge in [0.05, 0.1) is 17.6 Å². The molecule has 2 aliphatic rings. The molecule has 2 aliphatic heterocycles. The maximum absolute atomic E-state index is 4.71. The number of rotatable bonds is 1. The summed E-state index contributed by atoms with van der Waals surface area (Å²) < 4.78 is 0. The van der Waals surface area contributed by atoms with E-state index in [9.17, 15) is 0 Å². The van der Waals surface area contributed by atoms with Crippen LogP contribution < -0.4 is 4.90 Å². The average Bonchev–Trinajstić information content (AvgIpc) is 2.55. The second-order valence-electron chi connectivity index (χ2n) is 5.26. The second-order valence-corrected chi connectivity index (χ2v) is 6.55. The third kappa shape index (κ3) is 1.96. The Labute approximate surface area is 111 Å². The zero-order valence-corrected chi connectivity index (χ0v) is 11.9. The third-order valence-corrected chi connectivity index (χ3v) is 4.87. The molecule has 17 heavy (non-hydrogen) atoms. The van der Waals surface area contributed by atoms with Crippen LogP contribution in [0.2, 0.25) is 0 Å². The Morgan fingerprint density at radius 1 is 1.18 bits per heavy atom. The first-order valence-electron chi connectivity index (χ1n) is 6.38. The van der Waals surface area contributed by atoms with Crippen LogP contribution in [0, 0.1) is 13.8 Å². The van der Waals surface area contributed by atoms with Crippen LogP contribution in [0.4, 0.5) is 5.82 Å². The normalized spacial score (nSPS) is 31.9. The van der Waals surface area contributed by atoms with Gasteiger partial charge in [-0.2, -0.15) is 0 Å². The molecule has 0 N–H and O–H groups in total. The Bertz CT molecular complexity index is 421. The summed E-state index contributed by atoms with van der Waals surface area (Å²) in [5.74, 6) is 1.08. The van der Waals surface area contributed by atoms with Crippen molar-refractivity contribution in [3.63, 3.8) is 0 Å². The van der Waals surface area contributed by atoms with Crippen molar-refractivity contribution >= 4 is 21.7 Å². The maximum atomic E-state index is 4.71. The summed E-state index contributed by atoms with van der Waals surface area (Å²) in [7, 11) is 0. The molecule has 0 spiro atoms. The highest BCUT2D eigenvalue weighted by Crippen LogP contribution is 2.40. The van der Waals surface area contributed by atoms with Crippen LogP contribution in [0.15, 0.2) is 6.20 Å². The number of hydrogen-bond donors (Lipinski definition) is 0. The summed E-state index contributed by atoms with van der Waals surface area (Å²) in [5.41, 5.74) is 2.10. The van der Waals surface area contributed by atoms with Crippen LogP contribution in [-0.4, -0.2) is 26.9 Å². The Morgan fingerprint density at radius 3 is 2.41 bits per heavy atom. The molecule has 0 aromatic carbocycles. The molecule has 0 aliphatic carbocycles. The van der Waals surface area contributed by atoms with Crippen molar-refractivity contribution in [2.45, 2.75) is 56.4 Å². The van der Waals surface area contributed by atoms with E-state index in [2.05, 4.69) is 25.8 Å². The summed E-state index contributed by atoms with van der Waals surface area (Å²) >= 11 is 3.77. The molecule has 2 fully saturated rings. The SMILES string of the molecule is Cc1ncc(N2C3CCC2CC(Br)C3)nc1C. The molecule has 0 saturated carbocycles. The van der Waals surface area contributed by atoms with Crippen LogP contribution >= 0.6 is 15.9 Å². The molecule has 3 heterocycles. The van der Waals surface area contributed by atoms with E-state index in [0.717, 1.165) is 17.2 Å². The summed E-state index contributed by atoms with van der Waals surface area (Å²) in [6.45, 7) is 4.07. The highest BCUT2D eigenvalue weighted by Gasteiger charge is 2.40. The van der Waals surface area contributed by atoms with Crippen LogP contribution in [0.1, 0.15) is 37.1 Å². The van der Waals surface area contributed by atoms with Gasteiger partial charge in [-0.1, -0.05) is 15.9 Å². The minimum absolute atomic E-state index is 0.662. The van der Waals surface area contributed by atoms with Crippen molar-refractivity contribution < 1.29 is 0 Å². The standard InChI is InChI=1S/C13H18BrN3/c1-8-9(2)16-13(7-15-8)17-11-3-4-12(17)6-10(14)5-11/h7,10-12H,3-6H2,1-2H3. The number of anilines is 1. The molecule has 2 bridgehead atoms. The van der Waals surface area contributed by atoms with E-state index < -0.39 is 0 Å². The predicted octanol–water partition coefficient (Wildman–Crippen LogP) is 2.99. The Morgan fingerprint density at radius 2 is 1.82 bits per heavy atom. The van der Waals surface area contributed by atoms with Crippen molar-refractivity contribution in [1.29, 1.82) is 0 Å². The fourth-order valence-corrected chi connectivity index (χ4v) is 4.00. The highest BCUT2D eigenvalue weighted by molar-refractivity contribution is 9.09. The minimum atomic E-state index is 0.662. The van der Waals surface area contributed by atoms with E-state index in [1.54, 1.807) is 0 Å². The number of nitrogens with zero attached hydrogens (tertiary/aromatic N) is 3. The van der Waals surface area contributed by atoms with Gasteiger partial charge in [0.1, 0.15) is 5.82 Å². The van der Waals surface area contributed by atoms with Crippen molar-refractivity contribution in [2.24, 2.45) is 0 Å². The lowest BCUT2D eigenvalue weighted by Crippen LogP contribution is -2.43. The van der Waals surface area contributed by atoms with E-state index in [-0.39, 0.29) is 0 Å². The van der Waals surface area contributed by atoms with Gasteiger partial charge in [0.25, 0.3) is 0 Å². The van der Waals surface area contributed by atoms with Crippen LogP contribution in [0.5, 0.6) is 0 Å². The first-order valence-corrected chi connectivity index (χ1v) is 7.29. The molecule has 2 saturated heterocycles. The van der Waals surface area contributed by atoms with E-state index >= 15 is 0 Å². The number of aromatic nitrogens is 2. The predicted molar refractivity (Wildman–Crippen MR) is 72.7 cm³/mol. The quantitative estimate of drug-likeness (QED) is 0.746. The Hall–Kier alpha value is -0.640. The number of halogens is 1. The van der Waals surface area contributed by atoms with Gasteiger partial charge >= 0.3 is 0 Å². The number of alkyl halides is 1. The van der Waals surface area contributed by atoms with Crippen molar-refractivity contribution in [3.05, 3.63) is 17.6 Å². The molecule has 1 aromatic rings. The van der Waals surface area contributed by atoms with Gasteiger partial charge in [-0.25, -0.2) is 4.98 Å². The van der Waals surface area contributed by atoms with Gasteiger partial charge in [-0.3, -0.25) is 4.98 Å². The lowest BCUT2D eigenvalue weighted by molar-refractivity contribution is 0.478. The average molecular weight is 296 g/mol. The molecule has 0 radical (unpaired) electrons. The minimum Gasteiger partial charge on any atom is -0.349 e. The fourth-order valence-electron chi connectivity index (χ4n) is 3.14. The van der Waals surface area contributed by atoms with Crippen LogP contribution in [0.25, 0.3) is 0 Å². The summed E-state index contributed by atoms with van der Waals surface area (Å²) in [6.07, 6.45) is 7.04. The number of hydrogen-bond acceptors (Lipinski definition) is 3. The van der Waals surface area contributed by atoms with E-state index in [0.29, 0.717) is 16.9 Å². The van der Waals surface area contributed by atoms with Crippen molar-refractivity contribution in [2.75, 3.05) is 4.90 Å². The second kappa shape index (κ2) is 4.23. The molecule has 2 unspecified atom stereocenters. The first kappa shape index (κ1) is 11.5. The Balaban J connectivity index is 1.92. The van der Waals surface area contributed by atoms with Gasteiger partial charge in [0.15, 0.2) is 0 Å². The largest absolute Gasteiger partial charge is 0.349 e. The van der Waals surface area contributed by atoms with Gasteiger partial charge in [-0.05, 0) is 39.5 Å². The van der Waals surface area contributed by atoms with Crippen LogP contribution in [-0.2, 0) is 0 Å². The molecule has 92 valence electrons. The molecule has 3 rings (SSSR count). The van der Waals surface area contributed by atoms with E-state index in [4.69, 9.17) is 4.98 Å². The molecular formula is C13H18BrN3. The van der Waals surface area contributed by atoms with Crippen LogP contribution in [0.3, 0.4) is 0 Å². The van der Waals surface area contributed by atoms with Gasteiger partial charge in [0, 0.05) is 16.9 Å². The van der Waals surface area contributed by atoms with E-state index in [1.807, 2.05) is 20.0 Å². The Kier molecular flexibility index (Phi) is 2.85. The molecule has 3 nitrogen and oxygen atoms in total. The number of piperidine rings is 1. The molecule has 0 amide bonds. The topological polar surface area (TPSA) is 29.0 Å². The number of aryl methyl sites for hydroxylation is 2. The summed E-state index contributed by atoms with van der Waals surface area (Å²) in [6, 6.07) is 1.32. The summed E-state index contributed by atoms with van der Waals surface area (Å²) in [4.78, 5) is 12.4. The first-order chi connectivity index (χ1) is 8.15. The molecule has 2 atom stereocenters. The van der Waals surface area contributed by atoms with E-state index in [1.165, 1.54) is 25.7 Å². The molecule has 1 aromatic heterocycles. The van der Waals surface area contributed by atoms with Crippen molar-refractivity contribution in [3.8, 4) is 0 Å². The monoisotopic (exact) mass is 295 g/mol. The lowest BCUT2D eigenvalue weighted by atomic mass is 10.0. The smallest absolute Gasteiger partial charge is 0.147 e. The maximum Gasteiger partial charge on any atom is 0.147 e.